The Balaban J connectivity index is 1.48. The van der Waals surface area contributed by atoms with Gasteiger partial charge in [0.25, 0.3) is 11.8 Å². The molecular weight excluding hydrogens is 445 g/mol. The lowest BCUT2D eigenvalue weighted by molar-refractivity contribution is -0.151. The van der Waals surface area contributed by atoms with Crippen LogP contribution in [0.2, 0.25) is 10.0 Å². The molecule has 31 heavy (non-hydrogen) atoms. The normalized spacial score (nSPS) is 24.1. The van der Waals surface area contributed by atoms with Crippen molar-refractivity contribution in [2.24, 2.45) is 5.92 Å². The third kappa shape index (κ3) is 5.30. The van der Waals surface area contributed by atoms with E-state index in [1.165, 1.54) is 0 Å². The van der Waals surface area contributed by atoms with Crippen molar-refractivity contribution in [1.29, 1.82) is 0 Å². The summed E-state index contributed by atoms with van der Waals surface area (Å²) in [6.07, 6.45) is 2.78. The fourth-order valence-corrected chi connectivity index (χ4v) is 4.19. The highest BCUT2D eigenvalue weighted by molar-refractivity contribution is 6.42. The van der Waals surface area contributed by atoms with Crippen LogP contribution in [0.5, 0.6) is 0 Å². The van der Waals surface area contributed by atoms with Gasteiger partial charge in [-0.15, -0.1) is 0 Å². The summed E-state index contributed by atoms with van der Waals surface area (Å²) in [5.74, 6) is -1.26. The van der Waals surface area contributed by atoms with Gasteiger partial charge in [-0.25, -0.2) is 4.79 Å². The smallest absolute Gasteiger partial charge is 0.326 e. The quantitative estimate of drug-likeness (QED) is 0.491. The Morgan fingerprint density at radius 3 is 2.58 bits per heavy atom. The van der Waals surface area contributed by atoms with Gasteiger partial charge in [0.05, 0.1) is 16.1 Å². The van der Waals surface area contributed by atoms with Crippen LogP contribution in [0, 0.1) is 5.92 Å². The van der Waals surface area contributed by atoms with Gasteiger partial charge in [0, 0.05) is 0 Å². The largest absolute Gasteiger partial charge is 0.454 e. The number of nitrogens with zero attached hydrogens (tertiary/aromatic N) is 1. The van der Waals surface area contributed by atoms with Crippen LogP contribution in [0.1, 0.15) is 51.1 Å². The second-order valence-electron chi connectivity index (χ2n) is 8.21. The molecule has 0 bridgehead atoms. The molecule has 1 aromatic carbocycles. The fourth-order valence-electron chi connectivity index (χ4n) is 3.88. The first-order chi connectivity index (χ1) is 14.6. The highest BCUT2D eigenvalue weighted by Crippen LogP contribution is 2.36. The number of esters is 1. The minimum Gasteiger partial charge on any atom is -0.454 e. The summed E-state index contributed by atoms with van der Waals surface area (Å²) in [4.78, 5) is 50.1. The van der Waals surface area contributed by atoms with Gasteiger partial charge in [0.2, 0.25) is 0 Å². The predicted octanol–water partition coefficient (Wildman–Crippen LogP) is 3.21. The Labute approximate surface area is 190 Å². The molecule has 2 aliphatic rings. The number of benzene rings is 1. The molecule has 1 heterocycles. The summed E-state index contributed by atoms with van der Waals surface area (Å²) in [7, 11) is 0. The van der Waals surface area contributed by atoms with Crippen molar-refractivity contribution in [2.45, 2.75) is 51.1 Å². The van der Waals surface area contributed by atoms with Crippen LogP contribution >= 0.6 is 23.2 Å². The van der Waals surface area contributed by atoms with Gasteiger partial charge >= 0.3 is 12.0 Å². The molecule has 0 aromatic heterocycles. The van der Waals surface area contributed by atoms with Gasteiger partial charge in [-0.1, -0.05) is 36.2 Å². The standard InChI is InChI=1S/C21H25Cl2N3O5/c1-12-5-7-21(8-6-12)19(29)26(20(30)25-21)10-18(28)31-11-17(27)24-13(2)14-3-4-15(22)16(23)9-14/h3-4,9,12-13H,5-8,10-11H2,1-2H3,(H,24,27)(H,25,30). The van der Waals surface area contributed by atoms with Crippen LogP contribution in [0.4, 0.5) is 4.79 Å². The molecule has 3 rings (SSSR count). The van der Waals surface area contributed by atoms with Crippen molar-refractivity contribution in [1.82, 2.24) is 15.5 Å². The molecule has 1 aliphatic carbocycles. The van der Waals surface area contributed by atoms with Crippen molar-refractivity contribution < 1.29 is 23.9 Å². The number of rotatable bonds is 6. The molecule has 1 saturated carbocycles. The zero-order valence-electron chi connectivity index (χ0n) is 17.4. The molecule has 1 aromatic rings. The number of halogens is 2. The third-order valence-electron chi connectivity index (χ3n) is 5.85. The van der Waals surface area contributed by atoms with Gasteiger partial charge in [0.1, 0.15) is 12.1 Å². The van der Waals surface area contributed by atoms with E-state index in [0.717, 1.165) is 23.3 Å². The van der Waals surface area contributed by atoms with Crippen LogP contribution in [-0.4, -0.2) is 47.4 Å². The number of carbonyl (C=O) groups is 4. The zero-order chi connectivity index (χ0) is 22.8. The van der Waals surface area contributed by atoms with E-state index in [-0.39, 0.29) is 6.04 Å². The van der Waals surface area contributed by atoms with E-state index >= 15 is 0 Å². The number of hydrogen-bond donors (Lipinski definition) is 2. The summed E-state index contributed by atoms with van der Waals surface area (Å²) in [5.41, 5.74) is -0.184. The van der Waals surface area contributed by atoms with Gasteiger partial charge < -0.3 is 15.4 Å². The average molecular weight is 470 g/mol. The molecular formula is C21H25Cl2N3O5. The number of imide groups is 1. The SMILES string of the molecule is CC1CCC2(CC1)NC(=O)N(CC(=O)OCC(=O)NC(C)c1ccc(Cl)c(Cl)c1)C2=O. The number of hydrogen-bond acceptors (Lipinski definition) is 5. The minimum absolute atomic E-state index is 0.366. The highest BCUT2D eigenvalue weighted by Gasteiger charge is 2.52. The molecule has 168 valence electrons. The Hall–Kier alpha value is -2.32. The maximum absolute atomic E-state index is 12.8. The summed E-state index contributed by atoms with van der Waals surface area (Å²) in [6, 6.07) is 4.00. The van der Waals surface area contributed by atoms with E-state index in [9.17, 15) is 19.2 Å². The zero-order valence-corrected chi connectivity index (χ0v) is 18.9. The first-order valence-electron chi connectivity index (χ1n) is 10.2. The summed E-state index contributed by atoms with van der Waals surface area (Å²) in [6.45, 7) is 2.79. The fraction of sp³-hybridized carbons (Fsp3) is 0.524. The second kappa shape index (κ2) is 9.44. The van der Waals surface area contributed by atoms with Crippen LogP contribution in [0.25, 0.3) is 0 Å². The number of amides is 4. The molecule has 1 unspecified atom stereocenters. The minimum atomic E-state index is -0.920. The third-order valence-corrected chi connectivity index (χ3v) is 6.59. The van der Waals surface area contributed by atoms with Crippen LogP contribution in [0.15, 0.2) is 18.2 Å². The summed E-state index contributed by atoms with van der Waals surface area (Å²) in [5, 5.41) is 6.20. The van der Waals surface area contributed by atoms with Crippen molar-refractivity contribution in [3.8, 4) is 0 Å². The number of nitrogens with one attached hydrogen (secondary N) is 2. The monoisotopic (exact) mass is 469 g/mol. The number of ether oxygens (including phenoxy) is 1. The van der Waals surface area contributed by atoms with Gasteiger partial charge in [-0.05, 0) is 56.2 Å². The van der Waals surface area contributed by atoms with Crippen LogP contribution in [-0.2, 0) is 19.1 Å². The van der Waals surface area contributed by atoms with E-state index in [1.54, 1.807) is 25.1 Å². The van der Waals surface area contributed by atoms with Crippen molar-refractivity contribution >= 4 is 47.0 Å². The van der Waals surface area contributed by atoms with Crippen molar-refractivity contribution in [3.63, 3.8) is 0 Å². The second-order valence-corrected chi connectivity index (χ2v) is 9.02. The Morgan fingerprint density at radius 1 is 1.26 bits per heavy atom. The number of carbonyl (C=O) groups excluding carboxylic acids is 4. The number of urea groups is 1. The summed E-state index contributed by atoms with van der Waals surface area (Å²) < 4.78 is 4.96. The van der Waals surface area contributed by atoms with E-state index in [2.05, 4.69) is 17.6 Å². The first kappa shape index (κ1) is 23.3. The predicted molar refractivity (Wildman–Crippen MR) is 115 cm³/mol. The van der Waals surface area contributed by atoms with Crippen molar-refractivity contribution in [2.75, 3.05) is 13.2 Å². The van der Waals surface area contributed by atoms with Crippen LogP contribution in [0.3, 0.4) is 0 Å². The molecule has 4 amide bonds. The topological polar surface area (TPSA) is 105 Å². The molecule has 10 heteroatoms. The maximum atomic E-state index is 12.8. The molecule has 1 spiro atoms. The van der Waals surface area contributed by atoms with Gasteiger partial charge in [0.15, 0.2) is 6.61 Å². The van der Waals surface area contributed by atoms with E-state index in [4.69, 9.17) is 27.9 Å². The van der Waals surface area contributed by atoms with Crippen molar-refractivity contribution in [3.05, 3.63) is 33.8 Å². The summed E-state index contributed by atoms with van der Waals surface area (Å²) >= 11 is 11.9. The Kier molecular flexibility index (Phi) is 7.11. The molecule has 8 nitrogen and oxygen atoms in total. The highest BCUT2D eigenvalue weighted by atomic mass is 35.5. The van der Waals surface area contributed by atoms with Gasteiger partial charge in [-0.2, -0.15) is 0 Å². The Bertz CT molecular complexity index is 899. The lowest BCUT2D eigenvalue weighted by atomic mass is 9.77. The van der Waals surface area contributed by atoms with Gasteiger partial charge in [-0.3, -0.25) is 19.3 Å². The average Bonchev–Trinajstić information content (AvgIpc) is 2.95. The molecule has 1 atom stereocenters. The molecule has 2 N–H and O–H groups in total. The lowest BCUT2D eigenvalue weighted by Gasteiger charge is -2.33. The molecule has 1 aliphatic heterocycles. The van der Waals surface area contributed by atoms with E-state index in [1.807, 2.05) is 0 Å². The lowest BCUT2D eigenvalue weighted by Crippen LogP contribution is -2.49. The molecule has 1 saturated heterocycles. The Morgan fingerprint density at radius 2 is 1.94 bits per heavy atom. The molecule has 2 fully saturated rings. The first-order valence-corrected chi connectivity index (χ1v) is 10.9. The van der Waals surface area contributed by atoms with E-state index in [0.29, 0.717) is 28.8 Å². The van der Waals surface area contributed by atoms with Crippen LogP contribution < -0.4 is 10.6 Å². The maximum Gasteiger partial charge on any atom is 0.326 e. The van der Waals surface area contributed by atoms with E-state index < -0.39 is 42.5 Å². The molecule has 0 radical (unpaired) electrons.